The standard InChI is InChI=1S/C16H20ClN3O/c1-12-5-4-6-13(14(12)17)15(21)19-7-9-20(10-8-19)16(2,3)11-18/h4-6H,7-10H2,1-3H3. The van der Waals surface area contributed by atoms with Crippen molar-refractivity contribution in [2.24, 2.45) is 0 Å². The molecule has 0 saturated carbocycles. The van der Waals surface area contributed by atoms with Gasteiger partial charge in [0.05, 0.1) is 16.7 Å². The number of hydrogen-bond acceptors (Lipinski definition) is 3. The van der Waals surface area contributed by atoms with Gasteiger partial charge in [0.1, 0.15) is 5.54 Å². The molecule has 0 atom stereocenters. The van der Waals surface area contributed by atoms with Gasteiger partial charge in [-0.1, -0.05) is 23.7 Å². The van der Waals surface area contributed by atoms with Gasteiger partial charge in [-0.3, -0.25) is 9.69 Å². The first-order valence-corrected chi connectivity index (χ1v) is 7.45. The lowest BCUT2D eigenvalue weighted by Gasteiger charge is -2.40. The molecule has 0 bridgehead atoms. The number of rotatable bonds is 2. The fourth-order valence-electron chi connectivity index (χ4n) is 2.52. The van der Waals surface area contributed by atoms with Crippen LogP contribution in [0.4, 0.5) is 0 Å². The topological polar surface area (TPSA) is 47.3 Å². The molecule has 0 radical (unpaired) electrons. The number of nitriles is 1. The number of piperazine rings is 1. The summed E-state index contributed by atoms with van der Waals surface area (Å²) in [7, 11) is 0. The summed E-state index contributed by atoms with van der Waals surface area (Å²) >= 11 is 6.23. The Hall–Kier alpha value is -1.57. The van der Waals surface area contributed by atoms with Gasteiger partial charge >= 0.3 is 0 Å². The molecule has 2 rings (SSSR count). The number of amides is 1. The second-order valence-electron chi connectivity index (χ2n) is 5.89. The van der Waals surface area contributed by atoms with Crippen LogP contribution in [0.15, 0.2) is 18.2 Å². The van der Waals surface area contributed by atoms with E-state index in [4.69, 9.17) is 11.6 Å². The number of aryl methyl sites for hydroxylation is 1. The third kappa shape index (κ3) is 3.20. The van der Waals surface area contributed by atoms with Crippen LogP contribution in [0, 0.1) is 18.3 Å². The molecule has 1 aliphatic heterocycles. The Morgan fingerprint density at radius 1 is 1.29 bits per heavy atom. The monoisotopic (exact) mass is 305 g/mol. The minimum Gasteiger partial charge on any atom is -0.336 e. The van der Waals surface area contributed by atoms with E-state index in [1.807, 2.05) is 37.8 Å². The molecule has 4 nitrogen and oxygen atoms in total. The van der Waals surface area contributed by atoms with Gasteiger partial charge in [0.15, 0.2) is 0 Å². The van der Waals surface area contributed by atoms with Crippen molar-refractivity contribution in [2.75, 3.05) is 26.2 Å². The van der Waals surface area contributed by atoms with Crippen molar-refractivity contribution >= 4 is 17.5 Å². The first-order chi connectivity index (χ1) is 9.86. The maximum atomic E-state index is 12.6. The van der Waals surface area contributed by atoms with Crippen molar-refractivity contribution in [1.82, 2.24) is 9.80 Å². The minimum atomic E-state index is -0.490. The quantitative estimate of drug-likeness (QED) is 0.844. The van der Waals surface area contributed by atoms with E-state index in [1.165, 1.54) is 0 Å². The second kappa shape index (κ2) is 6.05. The van der Waals surface area contributed by atoms with Crippen LogP contribution in [0.2, 0.25) is 5.02 Å². The van der Waals surface area contributed by atoms with Crippen LogP contribution in [0.5, 0.6) is 0 Å². The predicted molar refractivity (Wildman–Crippen MR) is 83.4 cm³/mol. The smallest absolute Gasteiger partial charge is 0.255 e. The van der Waals surface area contributed by atoms with Crippen LogP contribution in [0.1, 0.15) is 29.8 Å². The Kier molecular flexibility index (Phi) is 4.55. The minimum absolute atomic E-state index is 0.0295. The van der Waals surface area contributed by atoms with E-state index in [0.29, 0.717) is 36.8 Å². The molecule has 1 saturated heterocycles. The van der Waals surface area contributed by atoms with E-state index < -0.39 is 5.54 Å². The van der Waals surface area contributed by atoms with Gasteiger partial charge in [-0.15, -0.1) is 0 Å². The number of hydrogen-bond donors (Lipinski definition) is 0. The molecule has 0 spiro atoms. The van der Waals surface area contributed by atoms with E-state index >= 15 is 0 Å². The summed E-state index contributed by atoms with van der Waals surface area (Å²) in [5.41, 5.74) is 0.979. The van der Waals surface area contributed by atoms with Gasteiger partial charge in [-0.05, 0) is 32.4 Å². The molecule has 0 aromatic heterocycles. The zero-order chi connectivity index (χ0) is 15.6. The molecule has 1 aromatic rings. The van der Waals surface area contributed by atoms with Crippen molar-refractivity contribution in [3.8, 4) is 6.07 Å². The van der Waals surface area contributed by atoms with Gasteiger partial charge < -0.3 is 4.90 Å². The molecule has 0 unspecified atom stereocenters. The molecule has 0 aliphatic carbocycles. The molecule has 5 heteroatoms. The lowest BCUT2D eigenvalue weighted by atomic mass is 10.0. The summed E-state index contributed by atoms with van der Waals surface area (Å²) in [5.74, 6) is -0.0295. The number of carbonyl (C=O) groups excluding carboxylic acids is 1. The highest BCUT2D eigenvalue weighted by molar-refractivity contribution is 6.34. The second-order valence-corrected chi connectivity index (χ2v) is 6.26. The molecule has 1 fully saturated rings. The average molecular weight is 306 g/mol. The predicted octanol–water partition coefficient (Wildman–Crippen LogP) is 2.71. The molecular weight excluding hydrogens is 286 g/mol. The zero-order valence-corrected chi connectivity index (χ0v) is 13.4. The molecule has 1 aromatic carbocycles. The third-order valence-corrected chi connectivity index (χ3v) is 4.55. The van der Waals surface area contributed by atoms with Crippen molar-refractivity contribution < 1.29 is 4.79 Å². The van der Waals surface area contributed by atoms with Gasteiger partial charge in [0.2, 0.25) is 0 Å². The van der Waals surface area contributed by atoms with Gasteiger partial charge in [0.25, 0.3) is 5.91 Å². The summed E-state index contributed by atoms with van der Waals surface area (Å²) in [6.07, 6.45) is 0. The van der Waals surface area contributed by atoms with Crippen molar-refractivity contribution in [1.29, 1.82) is 5.26 Å². The van der Waals surface area contributed by atoms with Gasteiger partial charge in [-0.2, -0.15) is 5.26 Å². The molecule has 1 heterocycles. The zero-order valence-electron chi connectivity index (χ0n) is 12.7. The normalized spacial score (nSPS) is 16.6. The Labute approximate surface area is 130 Å². The average Bonchev–Trinajstić information content (AvgIpc) is 2.49. The number of halogens is 1. The van der Waals surface area contributed by atoms with Gasteiger partial charge in [0, 0.05) is 26.2 Å². The molecule has 1 aliphatic rings. The van der Waals surface area contributed by atoms with Crippen molar-refractivity contribution in [2.45, 2.75) is 26.3 Å². The highest BCUT2D eigenvalue weighted by Gasteiger charge is 2.31. The maximum absolute atomic E-state index is 12.6. The molecule has 112 valence electrons. The lowest BCUT2D eigenvalue weighted by Crippen LogP contribution is -2.55. The van der Waals surface area contributed by atoms with Crippen molar-refractivity contribution in [3.63, 3.8) is 0 Å². The lowest BCUT2D eigenvalue weighted by molar-refractivity contribution is 0.0521. The molecule has 21 heavy (non-hydrogen) atoms. The summed E-state index contributed by atoms with van der Waals surface area (Å²) in [4.78, 5) is 16.5. The van der Waals surface area contributed by atoms with E-state index in [0.717, 1.165) is 5.56 Å². The fourth-order valence-corrected chi connectivity index (χ4v) is 2.73. The van der Waals surface area contributed by atoms with E-state index in [2.05, 4.69) is 11.0 Å². The molecular formula is C16H20ClN3O. The van der Waals surface area contributed by atoms with E-state index in [9.17, 15) is 10.1 Å². The summed E-state index contributed by atoms with van der Waals surface area (Å²) in [5, 5.41) is 9.71. The van der Waals surface area contributed by atoms with Crippen LogP contribution in [0.25, 0.3) is 0 Å². The molecule has 1 amide bonds. The summed E-state index contributed by atoms with van der Waals surface area (Å²) < 4.78 is 0. The summed E-state index contributed by atoms with van der Waals surface area (Å²) in [6, 6.07) is 7.82. The maximum Gasteiger partial charge on any atom is 0.255 e. The Bertz CT molecular complexity index is 584. The van der Waals surface area contributed by atoms with Crippen molar-refractivity contribution in [3.05, 3.63) is 34.3 Å². The van der Waals surface area contributed by atoms with Crippen LogP contribution < -0.4 is 0 Å². The van der Waals surface area contributed by atoms with Gasteiger partial charge in [-0.25, -0.2) is 0 Å². The van der Waals surface area contributed by atoms with E-state index in [1.54, 1.807) is 6.07 Å². The molecule has 0 N–H and O–H groups in total. The largest absolute Gasteiger partial charge is 0.336 e. The fraction of sp³-hybridized carbons (Fsp3) is 0.500. The summed E-state index contributed by atoms with van der Waals surface area (Å²) in [6.45, 7) is 8.35. The third-order valence-electron chi connectivity index (χ3n) is 4.05. The number of carbonyl (C=O) groups is 1. The van der Waals surface area contributed by atoms with Crippen LogP contribution in [0.3, 0.4) is 0 Å². The number of nitrogens with zero attached hydrogens (tertiary/aromatic N) is 3. The Morgan fingerprint density at radius 3 is 2.48 bits per heavy atom. The van der Waals surface area contributed by atoms with E-state index in [-0.39, 0.29) is 5.91 Å². The SMILES string of the molecule is Cc1cccc(C(=O)N2CCN(C(C)(C)C#N)CC2)c1Cl. The first-order valence-electron chi connectivity index (χ1n) is 7.07. The van der Waals surface area contributed by atoms with Crippen LogP contribution in [-0.2, 0) is 0 Å². The number of benzene rings is 1. The Morgan fingerprint density at radius 2 is 1.90 bits per heavy atom. The highest BCUT2D eigenvalue weighted by atomic mass is 35.5. The first kappa shape index (κ1) is 15.8. The highest BCUT2D eigenvalue weighted by Crippen LogP contribution is 2.23. The Balaban J connectivity index is 2.08. The van der Waals surface area contributed by atoms with Crippen LogP contribution >= 0.6 is 11.6 Å². The van der Waals surface area contributed by atoms with Crippen LogP contribution in [-0.4, -0.2) is 47.4 Å².